The first kappa shape index (κ1) is 19.4. The standard InChI is InChI=1S/C15H22N4S2.HI/c1-4-12-6-7-13(21-12)8-18-15(16-5-2)19-10-14-9-17-11(3)20-14;/h6-7,9H,4-5,8,10H2,1-3H3,(H2,16,18,19);1H. The van der Waals surface area contributed by atoms with Crippen LogP contribution in [0.25, 0.3) is 0 Å². The van der Waals surface area contributed by atoms with Crippen molar-refractivity contribution in [3.05, 3.63) is 38.0 Å². The molecule has 0 aliphatic carbocycles. The van der Waals surface area contributed by atoms with Crippen molar-refractivity contribution in [3.8, 4) is 0 Å². The lowest BCUT2D eigenvalue weighted by Crippen LogP contribution is -2.36. The van der Waals surface area contributed by atoms with Crippen molar-refractivity contribution in [2.45, 2.75) is 40.3 Å². The van der Waals surface area contributed by atoms with E-state index in [1.165, 1.54) is 14.6 Å². The highest BCUT2D eigenvalue weighted by molar-refractivity contribution is 14.0. The van der Waals surface area contributed by atoms with Gasteiger partial charge >= 0.3 is 0 Å². The second-order valence-electron chi connectivity index (χ2n) is 4.62. The zero-order valence-corrected chi connectivity index (χ0v) is 17.1. The van der Waals surface area contributed by atoms with Gasteiger partial charge in [-0.2, -0.15) is 0 Å². The van der Waals surface area contributed by atoms with Crippen LogP contribution < -0.4 is 10.6 Å². The van der Waals surface area contributed by atoms with Gasteiger partial charge in [0.25, 0.3) is 0 Å². The van der Waals surface area contributed by atoms with Crippen LogP contribution >= 0.6 is 46.7 Å². The molecular weight excluding hydrogens is 427 g/mol. The smallest absolute Gasteiger partial charge is 0.191 e. The minimum atomic E-state index is 0. The van der Waals surface area contributed by atoms with E-state index in [2.05, 4.69) is 46.6 Å². The normalized spacial score (nSPS) is 11.1. The maximum absolute atomic E-state index is 4.61. The van der Waals surface area contributed by atoms with Crippen LogP contribution in [0.1, 0.15) is 33.5 Å². The molecule has 0 fully saturated rings. The average Bonchev–Trinajstić information content (AvgIpc) is 3.10. The van der Waals surface area contributed by atoms with Crippen LogP contribution in [0.15, 0.2) is 23.3 Å². The van der Waals surface area contributed by atoms with Gasteiger partial charge in [0.1, 0.15) is 0 Å². The van der Waals surface area contributed by atoms with Gasteiger partial charge in [-0.25, -0.2) is 9.98 Å². The van der Waals surface area contributed by atoms with E-state index in [9.17, 15) is 0 Å². The average molecular weight is 450 g/mol. The minimum absolute atomic E-state index is 0. The maximum atomic E-state index is 4.61. The van der Waals surface area contributed by atoms with E-state index in [4.69, 9.17) is 0 Å². The van der Waals surface area contributed by atoms with Gasteiger partial charge in [-0.05, 0) is 32.4 Å². The highest BCUT2D eigenvalue weighted by Crippen LogP contribution is 2.16. The van der Waals surface area contributed by atoms with Gasteiger partial charge in [-0.3, -0.25) is 0 Å². The molecule has 122 valence electrons. The molecule has 0 unspecified atom stereocenters. The van der Waals surface area contributed by atoms with Crippen LogP contribution in [0.3, 0.4) is 0 Å². The number of aryl methyl sites for hydroxylation is 2. The highest BCUT2D eigenvalue weighted by Gasteiger charge is 2.02. The molecule has 0 aliphatic heterocycles. The number of thiazole rings is 1. The van der Waals surface area contributed by atoms with E-state index >= 15 is 0 Å². The monoisotopic (exact) mass is 450 g/mol. The fourth-order valence-electron chi connectivity index (χ4n) is 1.86. The molecule has 2 aromatic rings. The molecule has 0 aromatic carbocycles. The number of aromatic nitrogens is 1. The van der Waals surface area contributed by atoms with Crippen LogP contribution in [-0.2, 0) is 19.5 Å². The molecule has 2 N–H and O–H groups in total. The van der Waals surface area contributed by atoms with E-state index in [-0.39, 0.29) is 24.0 Å². The molecule has 2 aromatic heterocycles. The van der Waals surface area contributed by atoms with Crippen molar-refractivity contribution >= 4 is 52.6 Å². The first-order chi connectivity index (χ1) is 10.2. The summed E-state index contributed by atoms with van der Waals surface area (Å²) in [5, 5.41) is 7.75. The van der Waals surface area contributed by atoms with Crippen LogP contribution in [0.2, 0.25) is 0 Å². The molecule has 0 aliphatic rings. The molecule has 7 heteroatoms. The topological polar surface area (TPSA) is 49.3 Å². The molecule has 0 atom stereocenters. The van der Waals surface area contributed by atoms with Gasteiger partial charge in [0.2, 0.25) is 0 Å². The third kappa shape index (κ3) is 6.21. The van der Waals surface area contributed by atoms with E-state index < -0.39 is 0 Å². The number of nitrogens with zero attached hydrogens (tertiary/aromatic N) is 2. The maximum Gasteiger partial charge on any atom is 0.191 e. The summed E-state index contributed by atoms with van der Waals surface area (Å²) < 4.78 is 0. The van der Waals surface area contributed by atoms with Crippen LogP contribution in [-0.4, -0.2) is 17.5 Å². The molecule has 4 nitrogen and oxygen atoms in total. The zero-order chi connectivity index (χ0) is 15.1. The van der Waals surface area contributed by atoms with Crippen LogP contribution in [0, 0.1) is 6.92 Å². The number of halogens is 1. The second kappa shape index (κ2) is 10.2. The van der Waals surface area contributed by atoms with Crippen LogP contribution in [0.4, 0.5) is 0 Å². The Morgan fingerprint density at radius 3 is 2.50 bits per heavy atom. The second-order valence-corrected chi connectivity index (χ2v) is 7.19. The summed E-state index contributed by atoms with van der Waals surface area (Å²) in [6, 6.07) is 4.39. The largest absolute Gasteiger partial charge is 0.357 e. The summed E-state index contributed by atoms with van der Waals surface area (Å²) in [7, 11) is 0. The highest BCUT2D eigenvalue weighted by atomic mass is 127. The molecule has 0 radical (unpaired) electrons. The summed E-state index contributed by atoms with van der Waals surface area (Å²) >= 11 is 3.55. The number of guanidine groups is 1. The number of aliphatic imine (C=N–C) groups is 1. The van der Waals surface area contributed by atoms with Gasteiger partial charge in [0, 0.05) is 27.4 Å². The Morgan fingerprint density at radius 1 is 1.14 bits per heavy atom. The number of nitrogens with one attached hydrogen (secondary N) is 2. The molecule has 0 amide bonds. The van der Waals surface area contributed by atoms with Gasteiger partial charge < -0.3 is 10.6 Å². The fourth-order valence-corrected chi connectivity index (χ4v) is 3.47. The summed E-state index contributed by atoms with van der Waals surface area (Å²) in [5.41, 5.74) is 0. The van der Waals surface area contributed by atoms with Crippen molar-refractivity contribution < 1.29 is 0 Å². The SMILES string of the molecule is CCNC(=NCc1cnc(C)s1)NCc1ccc(CC)s1.I. The number of hydrogen-bond acceptors (Lipinski definition) is 4. The third-order valence-corrected chi connectivity index (χ3v) is 5.03. The summed E-state index contributed by atoms with van der Waals surface area (Å²) in [5.74, 6) is 0.856. The van der Waals surface area contributed by atoms with E-state index in [1.807, 2.05) is 24.5 Å². The summed E-state index contributed by atoms with van der Waals surface area (Å²) in [6.45, 7) is 8.63. The molecule has 2 rings (SSSR count). The van der Waals surface area contributed by atoms with Gasteiger partial charge in [-0.15, -0.1) is 46.7 Å². The van der Waals surface area contributed by atoms with E-state index in [1.54, 1.807) is 11.3 Å². The van der Waals surface area contributed by atoms with Crippen molar-refractivity contribution in [1.29, 1.82) is 0 Å². The minimum Gasteiger partial charge on any atom is -0.357 e. The van der Waals surface area contributed by atoms with Crippen molar-refractivity contribution in [1.82, 2.24) is 15.6 Å². The van der Waals surface area contributed by atoms with Gasteiger partial charge in [-0.1, -0.05) is 6.92 Å². The van der Waals surface area contributed by atoms with Crippen LogP contribution in [0.5, 0.6) is 0 Å². The summed E-state index contributed by atoms with van der Waals surface area (Å²) in [4.78, 5) is 12.8. The Kier molecular flexibility index (Phi) is 8.96. The lowest BCUT2D eigenvalue weighted by Gasteiger charge is -2.10. The summed E-state index contributed by atoms with van der Waals surface area (Å²) in [6.07, 6.45) is 3.00. The van der Waals surface area contributed by atoms with E-state index in [0.29, 0.717) is 6.54 Å². The first-order valence-electron chi connectivity index (χ1n) is 7.22. The number of thiophene rings is 1. The number of rotatable bonds is 6. The molecule has 0 saturated heterocycles. The molecule has 0 bridgehead atoms. The van der Waals surface area contributed by atoms with E-state index in [0.717, 1.165) is 30.5 Å². The molecular formula is C15H23IN4S2. The van der Waals surface area contributed by atoms with Crippen molar-refractivity contribution in [2.24, 2.45) is 4.99 Å². The lowest BCUT2D eigenvalue weighted by molar-refractivity contribution is 0.825. The molecule has 22 heavy (non-hydrogen) atoms. The Hall–Kier alpha value is -0.670. The number of hydrogen-bond donors (Lipinski definition) is 2. The molecule has 0 spiro atoms. The molecule has 0 saturated carbocycles. The zero-order valence-electron chi connectivity index (χ0n) is 13.2. The third-order valence-electron chi connectivity index (χ3n) is 2.90. The Bertz CT molecular complexity index is 592. The quantitative estimate of drug-likeness (QED) is 0.398. The Labute approximate surface area is 157 Å². The lowest BCUT2D eigenvalue weighted by atomic mass is 10.4. The van der Waals surface area contributed by atoms with Crippen molar-refractivity contribution in [2.75, 3.05) is 6.54 Å². The Balaban J connectivity index is 0.00000242. The molecule has 2 heterocycles. The van der Waals surface area contributed by atoms with Gasteiger partial charge in [0.05, 0.1) is 18.1 Å². The Morgan fingerprint density at radius 2 is 1.91 bits per heavy atom. The fraction of sp³-hybridized carbons (Fsp3) is 0.467. The van der Waals surface area contributed by atoms with Crippen molar-refractivity contribution in [3.63, 3.8) is 0 Å². The predicted molar refractivity (Wildman–Crippen MR) is 108 cm³/mol. The predicted octanol–water partition coefficient (Wildman–Crippen LogP) is 3.95. The first-order valence-corrected chi connectivity index (χ1v) is 8.85. The van der Waals surface area contributed by atoms with Gasteiger partial charge in [0.15, 0.2) is 5.96 Å².